The van der Waals surface area contributed by atoms with Crippen molar-refractivity contribution in [1.82, 2.24) is 0 Å². The average Bonchev–Trinajstić information content (AvgIpc) is 2.67. The second-order valence-corrected chi connectivity index (χ2v) is 6.45. The second kappa shape index (κ2) is 7.64. The molecule has 0 N–H and O–H groups in total. The van der Waals surface area contributed by atoms with E-state index >= 15 is 0 Å². The molecule has 0 spiro atoms. The maximum atomic E-state index is 5.66. The van der Waals surface area contributed by atoms with E-state index in [1.54, 1.807) is 21.3 Å². The van der Waals surface area contributed by atoms with Gasteiger partial charge in [0.25, 0.3) is 0 Å². The molecule has 2 aromatic carbocycles. The minimum Gasteiger partial charge on any atom is -0.496 e. The summed E-state index contributed by atoms with van der Waals surface area (Å²) in [4.78, 5) is 0. The molecular formula is C22H26O3. The number of methoxy groups -OCH3 is 3. The van der Waals surface area contributed by atoms with Crippen LogP contribution in [0.25, 0.3) is 5.57 Å². The van der Waals surface area contributed by atoms with E-state index in [1.807, 2.05) is 12.1 Å². The molecule has 0 aromatic heterocycles. The lowest BCUT2D eigenvalue weighted by Gasteiger charge is -2.26. The van der Waals surface area contributed by atoms with Crippen molar-refractivity contribution in [3.63, 3.8) is 0 Å². The lowest BCUT2D eigenvalue weighted by Crippen LogP contribution is -2.08. The molecule has 1 unspecified atom stereocenters. The molecule has 25 heavy (non-hydrogen) atoms. The number of hydrogen-bond acceptors (Lipinski definition) is 3. The summed E-state index contributed by atoms with van der Waals surface area (Å²) in [6.45, 7) is 2.17. The summed E-state index contributed by atoms with van der Waals surface area (Å²) in [6.07, 6.45) is 5.75. The van der Waals surface area contributed by atoms with Gasteiger partial charge in [0.1, 0.15) is 17.2 Å². The molecule has 0 saturated carbocycles. The molecule has 3 rings (SSSR count). The molecule has 0 fully saturated rings. The van der Waals surface area contributed by atoms with Gasteiger partial charge in [-0.2, -0.15) is 0 Å². The highest BCUT2D eigenvalue weighted by Crippen LogP contribution is 2.45. The average molecular weight is 338 g/mol. The molecule has 1 atom stereocenters. The van der Waals surface area contributed by atoms with E-state index in [0.717, 1.165) is 42.1 Å². The molecule has 3 nitrogen and oxygen atoms in total. The fourth-order valence-electron chi connectivity index (χ4n) is 3.71. The maximum absolute atomic E-state index is 5.66. The van der Waals surface area contributed by atoms with Crippen LogP contribution in [0.5, 0.6) is 17.2 Å². The first-order valence-electron chi connectivity index (χ1n) is 8.74. The molecule has 0 amide bonds. The van der Waals surface area contributed by atoms with Gasteiger partial charge in [-0.15, -0.1) is 0 Å². The SMILES string of the molecule is COc1cc(OC)c(C2C=C(c3ccccc3C)CCC2)c(OC)c1. The molecule has 0 heterocycles. The number of ether oxygens (including phenoxy) is 3. The summed E-state index contributed by atoms with van der Waals surface area (Å²) in [7, 11) is 5.06. The molecule has 2 aromatic rings. The topological polar surface area (TPSA) is 27.7 Å². The third kappa shape index (κ3) is 3.51. The van der Waals surface area contributed by atoms with Crippen LogP contribution in [-0.2, 0) is 0 Å². The van der Waals surface area contributed by atoms with Crippen LogP contribution in [0.4, 0.5) is 0 Å². The van der Waals surface area contributed by atoms with Gasteiger partial charge in [-0.1, -0.05) is 30.3 Å². The molecule has 0 saturated heterocycles. The van der Waals surface area contributed by atoms with Crippen molar-refractivity contribution in [2.24, 2.45) is 0 Å². The molecule has 132 valence electrons. The predicted octanol–water partition coefficient (Wildman–Crippen LogP) is 5.37. The summed E-state index contributed by atoms with van der Waals surface area (Å²) < 4.78 is 16.7. The fourth-order valence-corrected chi connectivity index (χ4v) is 3.71. The van der Waals surface area contributed by atoms with E-state index in [0.29, 0.717) is 0 Å². The van der Waals surface area contributed by atoms with Crippen molar-refractivity contribution in [3.8, 4) is 17.2 Å². The largest absolute Gasteiger partial charge is 0.496 e. The smallest absolute Gasteiger partial charge is 0.130 e. The normalized spacial score (nSPS) is 17.0. The zero-order valence-corrected chi connectivity index (χ0v) is 15.5. The predicted molar refractivity (Wildman–Crippen MR) is 102 cm³/mol. The zero-order valence-electron chi connectivity index (χ0n) is 15.5. The van der Waals surface area contributed by atoms with Crippen LogP contribution in [0.15, 0.2) is 42.5 Å². The van der Waals surface area contributed by atoms with E-state index in [-0.39, 0.29) is 5.92 Å². The molecule has 0 bridgehead atoms. The van der Waals surface area contributed by atoms with Gasteiger partial charge in [0.15, 0.2) is 0 Å². The van der Waals surface area contributed by atoms with Crippen molar-refractivity contribution < 1.29 is 14.2 Å². The first kappa shape index (κ1) is 17.4. The Kier molecular flexibility index (Phi) is 5.32. The lowest BCUT2D eigenvalue weighted by molar-refractivity contribution is 0.365. The van der Waals surface area contributed by atoms with Crippen LogP contribution in [0, 0.1) is 6.92 Å². The first-order chi connectivity index (χ1) is 12.2. The Morgan fingerprint density at radius 3 is 2.20 bits per heavy atom. The van der Waals surface area contributed by atoms with Gasteiger partial charge >= 0.3 is 0 Å². The van der Waals surface area contributed by atoms with Gasteiger partial charge in [-0.05, 0) is 42.9 Å². The van der Waals surface area contributed by atoms with Gasteiger partial charge in [0, 0.05) is 23.6 Å². The number of allylic oxidation sites excluding steroid dienone is 2. The number of benzene rings is 2. The van der Waals surface area contributed by atoms with Crippen molar-refractivity contribution in [2.75, 3.05) is 21.3 Å². The highest BCUT2D eigenvalue weighted by molar-refractivity contribution is 5.70. The number of aryl methyl sites for hydroxylation is 1. The maximum Gasteiger partial charge on any atom is 0.130 e. The monoisotopic (exact) mass is 338 g/mol. The van der Waals surface area contributed by atoms with Gasteiger partial charge in [-0.25, -0.2) is 0 Å². The summed E-state index contributed by atoms with van der Waals surface area (Å²) in [6, 6.07) is 12.5. The Balaban J connectivity index is 2.07. The van der Waals surface area contributed by atoms with E-state index < -0.39 is 0 Å². The highest BCUT2D eigenvalue weighted by Gasteiger charge is 2.24. The quantitative estimate of drug-likeness (QED) is 0.733. The van der Waals surface area contributed by atoms with Gasteiger partial charge < -0.3 is 14.2 Å². The molecule has 3 heteroatoms. The molecule has 1 aliphatic rings. The summed E-state index contributed by atoms with van der Waals surface area (Å²) in [5.41, 5.74) is 5.19. The minimum absolute atomic E-state index is 0.277. The van der Waals surface area contributed by atoms with Gasteiger partial charge in [-0.3, -0.25) is 0 Å². The molecule has 0 aliphatic heterocycles. The van der Waals surface area contributed by atoms with E-state index in [9.17, 15) is 0 Å². The van der Waals surface area contributed by atoms with Crippen molar-refractivity contribution >= 4 is 5.57 Å². The summed E-state index contributed by atoms with van der Waals surface area (Å²) in [5, 5.41) is 0. The standard InChI is InChI=1S/C22H26O3/c1-15-8-5-6-11-19(15)16-9-7-10-17(12-16)22-20(24-3)13-18(23-2)14-21(22)25-4/h5-6,8,11-14,17H,7,9-10H2,1-4H3. The molecule has 0 radical (unpaired) electrons. The Bertz CT molecular complexity index is 752. The first-order valence-corrected chi connectivity index (χ1v) is 8.74. The van der Waals surface area contributed by atoms with Crippen LogP contribution >= 0.6 is 0 Å². The summed E-state index contributed by atoms with van der Waals surface area (Å²) in [5.74, 6) is 2.67. The minimum atomic E-state index is 0.277. The summed E-state index contributed by atoms with van der Waals surface area (Å²) >= 11 is 0. The van der Waals surface area contributed by atoms with E-state index in [4.69, 9.17) is 14.2 Å². The van der Waals surface area contributed by atoms with E-state index in [2.05, 4.69) is 37.3 Å². The van der Waals surface area contributed by atoms with Crippen LogP contribution in [0.3, 0.4) is 0 Å². The highest BCUT2D eigenvalue weighted by atomic mass is 16.5. The zero-order chi connectivity index (χ0) is 17.8. The lowest BCUT2D eigenvalue weighted by atomic mass is 9.81. The van der Waals surface area contributed by atoms with Crippen LogP contribution in [0.2, 0.25) is 0 Å². The van der Waals surface area contributed by atoms with Gasteiger partial charge in [0.05, 0.1) is 21.3 Å². The van der Waals surface area contributed by atoms with Crippen molar-refractivity contribution in [1.29, 1.82) is 0 Å². The second-order valence-electron chi connectivity index (χ2n) is 6.45. The number of rotatable bonds is 5. The van der Waals surface area contributed by atoms with Gasteiger partial charge in [0.2, 0.25) is 0 Å². The molecule has 1 aliphatic carbocycles. The van der Waals surface area contributed by atoms with Crippen LogP contribution in [-0.4, -0.2) is 21.3 Å². The Morgan fingerprint density at radius 1 is 0.920 bits per heavy atom. The third-order valence-electron chi connectivity index (χ3n) is 4.98. The third-order valence-corrected chi connectivity index (χ3v) is 4.98. The van der Waals surface area contributed by atoms with Crippen LogP contribution < -0.4 is 14.2 Å². The van der Waals surface area contributed by atoms with E-state index in [1.165, 1.54) is 16.7 Å². The van der Waals surface area contributed by atoms with Crippen molar-refractivity contribution in [3.05, 3.63) is 59.2 Å². The number of hydrogen-bond donors (Lipinski definition) is 0. The van der Waals surface area contributed by atoms with Crippen LogP contribution in [0.1, 0.15) is 41.9 Å². The molecular weight excluding hydrogens is 312 g/mol. The Morgan fingerprint density at radius 2 is 1.60 bits per heavy atom. The Hall–Kier alpha value is -2.42. The Labute approximate surface area is 150 Å². The fraction of sp³-hybridized carbons (Fsp3) is 0.364. The van der Waals surface area contributed by atoms with Crippen molar-refractivity contribution in [2.45, 2.75) is 32.1 Å².